The van der Waals surface area contributed by atoms with Crippen LogP contribution in [0.25, 0.3) is 11.1 Å². The standard InChI is InChI=1S/2C15H17.2CH3.2ClH.H2Si.Ti/c2*1-2-3-7-13-10-11-15(12-13)14-8-5-4-6-9-14;;;;;;/h2*4-6,8-9,12H,2-3,7,10H2,1H3;2*1H3;2*1H;1H2;/q4*-1;;;;. The van der Waals surface area contributed by atoms with Gasteiger partial charge in [-0.1, -0.05) is 88.8 Å². The van der Waals surface area contributed by atoms with Crippen LogP contribution in [-0.2, 0) is 19.2 Å². The minimum absolute atomic E-state index is 0. The average molecular weight is 576 g/mol. The molecular weight excluding hydrogens is 531 g/mol. The molecule has 0 aliphatic heterocycles. The Bertz CT molecular complexity index is 854. The second-order valence-corrected chi connectivity index (χ2v) is 8.08. The van der Waals surface area contributed by atoms with Gasteiger partial charge in [0.1, 0.15) is 0 Å². The molecule has 4 heteroatoms. The normalized spacial score (nSPS) is 12.6. The number of hydrogen-bond donors (Lipinski definition) is 0. The first-order valence-corrected chi connectivity index (χ1v) is 15.9. The summed E-state index contributed by atoms with van der Waals surface area (Å²) in [7, 11) is 1.86. The number of benzene rings is 2. The zero-order chi connectivity index (χ0) is 23.0. The molecule has 36 heavy (non-hydrogen) atoms. The average Bonchev–Trinajstić information content (AvgIpc) is 3.54. The van der Waals surface area contributed by atoms with E-state index in [1.165, 1.54) is 71.9 Å². The van der Waals surface area contributed by atoms with Gasteiger partial charge in [-0.05, 0) is 12.8 Å². The zero-order valence-electron chi connectivity index (χ0n) is 22.6. The number of rotatable bonds is 8. The van der Waals surface area contributed by atoms with E-state index in [9.17, 15) is 0 Å². The third kappa shape index (κ3) is 14.0. The predicted octanol–water partition coefficient (Wildman–Crippen LogP) is 9.61. The summed E-state index contributed by atoms with van der Waals surface area (Å²) in [6.45, 7) is 4.48. The predicted molar refractivity (Wildman–Crippen MR) is 167 cm³/mol. The molecule has 2 aromatic carbocycles. The quantitative estimate of drug-likeness (QED) is 0.217. The van der Waals surface area contributed by atoms with Crippen molar-refractivity contribution >= 4 is 43.6 Å². The first-order chi connectivity index (χ1) is 15.8. The molecule has 0 amide bonds. The van der Waals surface area contributed by atoms with Crippen molar-refractivity contribution < 1.29 is 19.2 Å². The molecule has 4 rings (SSSR count). The molecule has 0 unspecified atom stereocenters. The Kier molecular flexibility index (Phi) is 26.6. The summed E-state index contributed by atoms with van der Waals surface area (Å²) in [5.74, 6) is 0. The first-order valence-electron chi connectivity index (χ1n) is 11.9. The van der Waals surface area contributed by atoms with Crippen LogP contribution in [0.15, 0.2) is 84.0 Å². The van der Waals surface area contributed by atoms with Crippen LogP contribution < -0.4 is 0 Å². The topological polar surface area (TPSA) is 0 Å². The summed E-state index contributed by atoms with van der Waals surface area (Å²) < 4.78 is 0. The summed E-state index contributed by atoms with van der Waals surface area (Å²) in [4.78, 5) is 0. The summed E-state index contributed by atoms with van der Waals surface area (Å²) >= 11 is 2.03. The van der Waals surface area contributed by atoms with Crippen molar-refractivity contribution in [1.82, 2.24) is 0 Å². The molecule has 0 radical (unpaired) electrons. The molecule has 2 aliphatic carbocycles. The van der Waals surface area contributed by atoms with Crippen LogP contribution in [0.2, 0.25) is 0 Å². The van der Waals surface area contributed by atoms with Crippen LogP contribution in [0.4, 0.5) is 0 Å². The molecule has 0 atom stereocenters. The molecule has 0 aromatic heterocycles. The van der Waals surface area contributed by atoms with Crippen molar-refractivity contribution in [2.45, 2.75) is 65.2 Å². The summed E-state index contributed by atoms with van der Waals surface area (Å²) in [6, 6.07) is 21.1. The van der Waals surface area contributed by atoms with Gasteiger partial charge in [0.2, 0.25) is 0 Å². The number of unbranched alkanes of at least 4 members (excludes halogenated alkanes) is 2. The third-order valence-electron chi connectivity index (χ3n) is 5.58. The van der Waals surface area contributed by atoms with Crippen LogP contribution in [0.1, 0.15) is 76.3 Å². The molecule has 0 nitrogen and oxygen atoms in total. The fourth-order valence-electron chi connectivity index (χ4n) is 3.76. The number of hydrogen-bond acceptors (Lipinski definition) is 0. The van der Waals surface area contributed by atoms with Gasteiger partial charge >= 0.3 is 26.8 Å². The van der Waals surface area contributed by atoms with Crippen LogP contribution in [0.3, 0.4) is 0 Å². The van der Waals surface area contributed by atoms with E-state index in [0.717, 1.165) is 12.8 Å². The van der Waals surface area contributed by atoms with Gasteiger partial charge in [0, 0.05) is 0 Å². The molecular formula is C32H44Cl2SiTi-4. The van der Waals surface area contributed by atoms with E-state index in [0.29, 0.717) is 0 Å². The maximum atomic E-state index is 3.46. The van der Waals surface area contributed by atoms with E-state index in [-0.39, 0.29) is 39.7 Å². The first kappa shape index (κ1) is 39.4. The van der Waals surface area contributed by atoms with E-state index in [1.54, 1.807) is 0 Å². The zero-order valence-corrected chi connectivity index (χ0v) is 27.2. The van der Waals surface area contributed by atoms with Crippen LogP contribution in [-0.4, -0.2) is 7.63 Å². The van der Waals surface area contributed by atoms with Crippen molar-refractivity contribution in [3.8, 4) is 0 Å². The van der Waals surface area contributed by atoms with E-state index in [4.69, 9.17) is 0 Å². The van der Waals surface area contributed by atoms with E-state index in [1.807, 2.05) is 26.8 Å². The number of halogens is 2. The molecule has 0 spiro atoms. The van der Waals surface area contributed by atoms with Crippen LogP contribution in [0.5, 0.6) is 0 Å². The van der Waals surface area contributed by atoms with Gasteiger partial charge in [-0.15, -0.1) is 71.4 Å². The Morgan fingerprint density at radius 2 is 0.972 bits per heavy atom. The summed E-state index contributed by atoms with van der Waals surface area (Å²) in [6.07, 6.45) is 21.2. The van der Waals surface area contributed by atoms with Crippen molar-refractivity contribution in [3.63, 3.8) is 0 Å². The molecule has 2 aliphatic rings. The number of allylic oxidation sites excluding steroid dienone is 8. The Hall–Kier alpha value is -1.09. The Morgan fingerprint density at radius 1 is 0.639 bits per heavy atom. The van der Waals surface area contributed by atoms with Crippen molar-refractivity contribution in [3.05, 3.63) is 122 Å². The molecule has 198 valence electrons. The monoisotopic (exact) mass is 574 g/mol. The molecule has 0 heterocycles. The van der Waals surface area contributed by atoms with Gasteiger partial charge in [0.15, 0.2) is 0 Å². The summed E-state index contributed by atoms with van der Waals surface area (Å²) in [5.41, 5.74) is 8.22. The van der Waals surface area contributed by atoms with Crippen LogP contribution >= 0.6 is 24.8 Å². The Morgan fingerprint density at radius 3 is 1.28 bits per heavy atom. The molecule has 0 bridgehead atoms. The minimum atomic E-state index is 0. The molecule has 0 saturated carbocycles. The van der Waals surface area contributed by atoms with Crippen molar-refractivity contribution in [2.75, 3.05) is 0 Å². The van der Waals surface area contributed by atoms with Gasteiger partial charge in [-0.3, -0.25) is 0 Å². The van der Waals surface area contributed by atoms with Gasteiger partial charge in [0.05, 0.1) is 0 Å². The summed E-state index contributed by atoms with van der Waals surface area (Å²) in [5, 5.41) is 0. The molecule has 0 N–H and O–H groups in total. The third-order valence-corrected chi connectivity index (χ3v) is 5.58. The molecule has 0 fully saturated rings. The van der Waals surface area contributed by atoms with Crippen LogP contribution in [0, 0.1) is 27.0 Å². The van der Waals surface area contributed by atoms with E-state index >= 15 is 0 Å². The van der Waals surface area contributed by atoms with E-state index < -0.39 is 0 Å². The van der Waals surface area contributed by atoms with Gasteiger partial charge < -0.3 is 14.9 Å². The van der Waals surface area contributed by atoms with Gasteiger partial charge in [-0.25, -0.2) is 0 Å². The molecule has 2 aromatic rings. The van der Waals surface area contributed by atoms with E-state index in [2.05, 4.69) is 98.8 Å². The second-order valence-electron chi connectivity index (χ2n) is 8.08. The fourth-order valence-corrected chi connectivity index (χ4v) is 3.76. The SMILES string of the molecule is CCCCC1=CC(c2ccccc2)=[C-]C1.CCCCC1=CC(c2ccccc2)=[C-]C1.Cl.Cl.[CH3-].[CH3-].[SiH2]=[Ti]. The Labute approximate surface area is 248 Å². The Balaban J connectivity index is -0.000000513. The van der Waals surface area contributed by atoms with Crippen molar-refractivity contribution in [2.24, 2.45) is 0 Å². The van der Waals surface area contributed by atoms with Crippen molar-refractivity contribution in [1.29, 1.82) is 0 Å². The van der Waals surface area contributed by atoms with Gasteiger partial charge in [-0.2, -0.15) is 35.5 Å². The maximum absolute atomic E-state index is 3.46. The fraction of sp³-hybridized carbons (Fsp3) is 0.312. The molecule has 0 saturated heterocycles. The second kappa shape index (κ2) is 24.3. The van der Waals surface area contributed by atoms with Gasteiger partial charge in [0.25, 0.3) is 0 Å².